The Balaban J connectivity index is 2.12. The number of hydrogen-bond donors (Lipinski definition) is 2. The van der Waals surface area contributed by atoms with Gasteiger partial charge < -0.3 is 10.1 Å². The van der Waals surface area contributed by atoms with Gasteiger partial charge >= 0.3 is 0 Å². The largest absolute Gasteiger partial charge is 0.388 e. The number of rotatable bonds is 2. The van der Waals surface area contributed by atoms with Gasteiger partial charge in [0.15, 0.2) is 5.82 Å². The predicted octanol–water partition coefficient (Wildman–Crippen LogP) is 1.82. The fourth-order valence-electron chi connectivity index (χ4n) is 1.93. The second-order valence-corrected chi connectivity index (χ2v) is 4.07. The van der Waals surface area contributed by atoms with Gasteiger partial charge in [-0.1, -0.05) is 6.07 Å². The summed E-state index contributed by atoms with van der Waals surface area (Å²) in [7, 11) is 0. The summed E-state index contributed by atoms with van der Waals surface area (Å²) in [6.45, 7) is 1.77. The molecule has 2 heterocycles. The highest BCUT2D eigenvalue weighted by molar-refractivity contribution is 5.81. The quantitative estimate of drug-likeness (QED) is 0.716. The fraction of sp³-hybridized carbons (Fsp3) is 0.154. The topological polar surface area (TPSA) is 74.7 Å². The van der Waals surface area contributed by atoms with Crippen LogP contribution < -0.4 is 0 Å². The molecule has 5 nitrogen and oxygen atoms in total. The summed E-state index contributed by atoms with van der Waals surface area (Å²) in [6.07, 6.45) is 1.65. The number of benzene rings is 1. The second-order valence-electron chi connectivity index (χ2n) is 4.07. The van der Waals surface area contributed by atoms with E-state index in [0.29, 0.717) is 5.82 Å². The maximum Gasteiger partial charge on any atom is 0.154 e. The first-order valence-corrected chi connectivity index (χ1v) is 5.66. The molecule has 0 bridgehead atoms. The first-order valence-electron chi connectivity index (χ1n) is 5.66. The molecule has 0 radical (unpaired) electrons. The number of imidazole rings is 1. The van der Waals surface area contributed by atoms with Gasteiger partial charge in [-0.25, -0.2) is 15.0 Å². The zero-order valence-electron chi connectivity index (χ0n) is 9.88. The van der Waals surface area contributed by atoms with Crippen molar-refractivity contribution in [2.24, 2.45) is 0 Å². The molecule has 0 unspecified atom stereocenters. The molecule has 3 rings (SSSR count). The van der Waals surface area contributed by atoms with Crippen molar-refractivity contribution < 1.29 is 5.11 Å². The standard InChI is InChI=1S/C13H12N4O/c1-8-15-11-3-2-9(6-12(11)16-8)10-4-5-14-13(7-18)17-10/h2-6,18H,7H2,1H3,(H,15,16). The van der Waals surface area contributed by atoms with Crippen molar-refractivity contribution in [1.29, 1.82) is 0 Å². The van der Waals surface area contributed by atoms with Gasteiger partial charge in [-0.05, 0) is 25.1 Å². The van der Waals surface area contributed by atoms with E-state index < -0.39 is 0 Å². The molecule has 2 N–H and O–H groups in total. The van der Waals surface area contributed by atoms with Crippen molar-refractivity contribution in [2.75, 3.05) is 0 Å². The van der Waals surface area contributed by atoms with Crippen molar-refractivity contribution in [3.63, 3.8) is 0 Å². The Morgan fingerprint density at radius 2 is 2.11 bits per heavy atom. The summed E-state index contributed by atoms with van der Waals surface area (Å²) in [4.78, 5) is 15.8. The van der Waals surface area contributed by atoms with E-state index in [4.69, 9.17) is 5.11 Å². The number of fused-ring (bicyclic) bond motifs is 1. The molecular formula is C13H12N4O. The number of aliphatic hydroxyl groups is 1. The molecule has 2 aromatic heterocycles. The first-order chi connectivity index (χ1) is 8.76. The Morgan fingerprint density at radius 3 is 2.94 bits per heavy atom. The smallest absolute Gasteiger partial charge is 0.154 e. The van der Waals surface area contributed by atoms with Crippen LogP contribution in [0.4, 0.5) is 0 Å². The minimum absolute atomic E-state index is 0.154. The van der Waals surface area contributed by atoms with Gasteiger partial charge in [0.1, 0.15) is 12.4 Å². The molecule has 5 heteroatoms. The van der Waals surface area contributed by atoms with Crippen LogP contribution in [0.25, 0.3) is 22.3 Å². The average molecular weight is 240 g/mol. The van der Waals surface area contributed by atoms with Gasteiger partial charge in [-0.15, -0.1) is 0 Å². The van der Waals surface area contributed by atoms with Crippen molar-refractivity contribution >= 4 is 11.0 Å². The lowest BCUT2D eigenvalue weighted by atomic mass is 10.1. The number of aromatic nitrogens is 4. The Hall–Kier alpha value is -2.27. The highest BCUT2D eigenvalue weighted by Gasteiger charge is 2.05. The van der Waals surface area contributed by atoms with E-state index in [-0.39, 0.29) is 6.61 Å². The van der Waals surface area contributed by atoms with Gasteiger partial charge in [0.2, 0.25) is 0 Å². The molecule has 3 aromatic rings. The molecule has 0 aliphatic rings. The summed E-state index contributed by atoms with van der Waals surface area (Å²) in [5.74, 6) is 1.31. The third-order valence-corrected chi connectivity index (χ3v) is 2.74. The first kappa shape index (κ1) is 10.9. The van der Waals surface area contributed by atoms with E-state index >= 15 is 0 Å². The van der Waals surface area contributed by atoms with Crippen LogP contribution in [-0.2, 0) is 6.61 Å². The van der Waals surface area contributed by atoms with Crippen LogP contribution in [0.3, 0.4) is 0 Å². The van der Waals surface area contributed by atoms with Crippen molar-refractivity contribution in [2.45, 2.75) is 13.5 Å². The molecule has 0 spiro atoms. The Bertz CT molecular complexity index is 705. The predicted molar refractivity (Wildman–Crippen MR) is 67.8 cm³/mol. The summed E-state index contributed by atoms with van der Waals surface area (Å²) in [5, 5.41) is 9.04. The molecule has 0 saturated heterocycles. The van der Waals surface area contributed by atoms with Gasteiger partial charge in [0.25, 0.3) is 0 Å². The molecule has 0 aliphatic heterocycles. The lowest BCUT2D eigenvalue weighted by Gasteiger charge is -2.02. The third-order valence-electron chi connectivity index (χ3n) is 2.74. The highest BCUT2D eigenvalue weighted by atomic mass is 16.3. The minimum atomic E-state index is -0.154. The monoisotopic (exact) mass is 240 g/mol. The van der Waals surface area contributed by atoms with Crippen molar-refractivity contribution in [3.05, 3.63) is 42.1 Å². The number of aryl methyl sites for hydroxylation is 1. The zero-order valence-corrected chi connectivity index (χ0v) is 9.88. The fourth-order valence-corrected chi connectivity index (χ4v) is 1.93. The summed E-state index contributed by atoms with van der Waals surface area (Å²) >= 11 is 0. The molecule has 18 heavy (non-hydrogen) atoms. The van der Waals surface area contributed by atoms with Crippen LogP contribution in [-0.4, -0.2) is 25.0 Å². The molecule has 0 fully saturated rings. The minimum Gasteiger partial charge on any atom is -0.388 e. The van der Waals surface area contributed by atoms with E-state index in [2.05, 4.69) is 19.9 Å². The number of nitrogens with zero attached hydrogens (tertiary/aromatic N) is 3. The third kappa shape index (κ3) is 1.84. The van der Waals surface area contributed by atoms with Gasteiger partial charge in [-0.3, -0.25) is 0 Å². The number of aromatic amines is 1. The normalized spacial score (nSPS) is 11.0. The number of hydrogen-bond acceptors (Lipinski definition) is 4. The van der Waals surface area contributed by atoms with Gasteiger partial charge in [0.05, 0.1) is 16.7 Å². The van der Waals surface area contributed by atoms with E-state index in [1.165, 1.54) is 0 Å². The Morgan fingerprint density at radius 1 is 1.22 bits per heavy atom. The van der Waals surface area contributed by atoms with E-state index in [9.17, 15) is 0 Å². The molecule has 0 saturated carbocycles. The molecule has 1 aromatic carbocycles. The lowest BCUT2D eigenvalue weighted by molar-refractivity contribution is 0.271. The Labute approximate surface area is 104 Å². The van der Waals surface area contributed by atoms with E-state index in [1.54, 1.807) is 6.20 Å². The molecule has 0 aliphatic carbocycles. The van der Waals surface area contributed by atoms with E-state index in [0.717, 1.165) is 28.1 Å². The SMILES string of the molecule is Cc1nc2ccc(-c3ccnc(CO)n3)cc2[nH]1. The Kier molecular flexibility index (Phi) is 2.53. The maximum absolute atomic E-state index is 9.04. The molecule has 90 valence electrons. The summed E-state index contributed by atoms with van der Waals surface area (Å²) < 4.78 is 0. The average Bonchev–Trinajstić information content (AvgIpc) is 2.77. The summed E-state index contributed by atoms with van der Waals surface area (Å²) in [5.41, 5.74) is 3.69. The van der Waals surface area contributed by atoms with Crippen LogP contribution >= 0.6 is 0 Å². The van der Waals surface area contributed by atoms with E-state index in [1.807, 2.05) is 31.2 Å². The van der Waals surface area contributed by atoms with Crippen LogP contribution in [0.2, 0.25) is 0 Å². The molecular weight excluding hydrogens is 228 g/mol. The van der Waals surface area contributed by atoms with Crippen LogP contribution in [0.15, 0.2) is 30.5 Å². The molecule has 0 amide bonds. The van der Waals surface area contributed by atoms with Gasteiger partial charge in [0, 0.05) is 11.8 Å². The van der Waals surface area contributed by atoms with Crippen LogP contribution in [0, 0.1) is 6.92 Å². The number of aliphatic hydroxyl groups excluding tert-OH is 1. The molecule has 0 atom stereocenters. The summed E-state index contributed by atoms with van der Waals surface area (Å²) in [6, 6.07) is 7.74. The maximum atomic E-state index is 9.04. The van der Waals surface area contributed by atoms with Crippen LogP contribution in [0.1, 0.15) is 11.6 Å². The van der Waals surface area contributed by atoms with Crippen LogP contribution in [0.5, 0.6) is 0 Å². The zero-order chi connectivity index (χ0) is 12.5. The number of H-pyrrole nitrogens is 1. The lowest BCUT2D eigenvalue weighted by Crippen LogP contribution is -1.95. The van der Waals surface area contributed by atoms with Crippen molar-refractivity contribution in [3.8, 4) is 11.3 Å². The number of nitrogens with one attached hydrogen (secondary N) is 1. The van der Waals surface area contributed by atoms with Gasteiger partial charge in [-0.2, -0.15) is 0 Å². The van der Waals surface area contributed by atoms with Crippen molar-refractivity contribution in [1.82, 2.24) is 19.9 Å². The highest BCUT2D eigenvalue weighted by Crippen LogP contribution is 2.21. The second kappa shape index (κ2) is 4.19.